The smallest absolute Gasteiger partial charge is 0.223 e. The molecule has 112 valence electrons. The number of hydrogen-bond acceptors (Lipinski definition) is 2. The van der Waals surface area contributed by atoms with Crippen LogP contribution in [0, 0.1) is 5.92 Å². The van der Waals surface area contributed by atoms with E-state index in [1.54, 1.807) is 0 Å². The number of nitrogens with two attached hydrogens (primary N) is 1. The van der Waals surface area contributed by atoms with E-state index in [0.29, 0.717) is 24.9 Å². The molecule has 1 saturated carbocycles. The molecule has 20 heavy (non-hydrogen) atoms. The minimum absolute atomic E-state index is 0. The van der Waals surface area contributed by atoms with Gasteiger partial charge in [-0.1, -0.05) is 38.1 Å². The summed E-state index contributed by atoms with van der Waals surface area (Å²) >= 11 is 0. The number of rotatable bonds is 6. The first-order valence-electron chi connectivity index (χ1n) is 7.21. The predicted octanol–water partition coefficient (Wildman–Crippen LogP) is 2.80. The maximum atomic E-state index is 11.9. The Hall–Kier alpha value is -1.06. The first-order chi connectivity index (χ1) is 9.13. The van der Waals surface area contributed by atoms with Gasteiger partial charge in [-0.25, -0.2) is 0 Å². The Bertz CT molecular complexity index is 431. The topological polar surface area (TPSA) is 55.1 Å². The fourth-order valence-corrected chi connectivity index (χ4v) is 2.43. The second kappa shape index (κ2) is 7.65. The van der Waals surface area contributed by atoms with E-state index in [1.165, 1.54) is 11.1 Å². The summed E-state index contributed by atoms with van der Waals surface area (Å²) in [6, 6.07) is 8.71. The number of halogens is 1. The first kappa shape index (κ1) is 17.0. The Labute approximate surface area is 127 Å². The monoisotopic (exact) mass is 296 g/mol. The van der Waals surface area contributed by atoms with Crippen molar-refractivity contribution in [1.29, 1.82) is 0 Å². The summed E-state index contributed by atoms with van der Waals surface area (Å²) in [7, 11) is 0. The molecule has 1 fully saturated rings. The predicted molar refractivity (Wildman–Crippen MR) is 85.3 cm³/mol. The van der Waals surface area contributed by atoms with Crippen LogP contribution in [0.3, 0.4) is 0 Å². The highest BCUT2D eigenvalue weighted by molar-refractivity contribution is 5.85. The van der Waals surface area contributed by atoms with Crippen LogP contribution in [0.1, 0.15) is 49.7 Å². The summed E-state index contributed by atoms with van der Waals surface area (Å²) in [4.78, 5) is 11.9. The molecule has 1 aromatic carbocycles. The van der Waals surface area contributed by atoms with Crippen LogP contribution in [-0.4, -0.2) is 19.0 Å². The van der Waals surface area contributed by atoms with Crippen LogP contribution in [0.15, 0.2) is 24.3 Å². The van der Waals surface area contributed by atoms with Gasteiger partial charge in [0.2, 0.25) is 5.91 Å². The van der Waals surface area contributed by atoms with Gasteiger partial charge in [0.05, 0.1) is 0 Å². The quantitative estimate of drug-likeness (QED) is 0.793. The zero-order chi connectivity index (χ0) is 13.8. The lowest BCUT2D eigenvalue weighted by Crippen LogP contribution is -2.27. The molecule has 0 radical (unpaired) electrons. The third-order valence-corrected chi connectivity index (χ3v) is 3.84. The molecule has 0 heterocycles. The highest BCUT2D eigenvalue weighted by Crippen LogP contribution is 2.47. The standard InChI is InChI=1S/C16H24N2O.ClH/c1-11(2)12-4-6-13(7-5-12)14-10-15(14)16(19)18-9-3-8-17;/h4-7,11,14-15H,3,8-10,17H2,1-2H3,(H,18,19);1H. The molecule has 0 aliphatic heterocycles. The summed E-state index contributed by atoms with van der Waals surface area (Å²) in [6.45, 7) is 5.72. The summed E-state index contributed by atoms with van der Waals surface area (Å²) in [6.07, 6.45) is 1.84. The molecule has 2 atom stereocenters. The zero-order valence-electron chi connectivity index (χ0n) is 12.3. The summed E-state index contributed by atoms with van der Waals surface area (Å²) in [5.41, 5.74) is 8.06. The van der Waals surface area contributed by atoms with Gasteiger partial charge >= 0.3 is 0 Å². The Balaban J connectivity index is 0.00000200. The lowest BCUT2D eigenvalue weighted by atomic mass is 10.00. The SMILES string of the molecule is CC(C)c1ccc(C2CC2C(=O)NCCCN)cc1.Cl. The van der Waals surface area contributed by atoms with Crippen molar-refractivity contribution in [2.45, 2.75) is 38.5 Å². The lowest BCUT2D eigenvalue weighted by molar-refractivity contribution is -0.122. The molecule has 2 unspecified atom stereocenters. The Morgan fingerprint density at radius 2 is 2.00 bits per heavy atom. The van der Waals surface area contributed by atoms with Crippen LogP contribution in [0.2, 0.25) is 0 Å². The lowest BCUT2D eigenvalue weighted by Gasteiger charge is -2.07. The van der Waals surface area contributed by atoms with E-state index in [-0.39, 0.29) is 24.2 Å². The minimum Gasteiger partial charge on any atom is -0.356 e. The van der Waals surface area contributed by atoms with Crippen molar-refractivity contribution >= 4 is 18.3 Å². The fraction of sp³-hybridized carbons (Fsp3) is 0.562. The molecular formula is C16H25ClN2O. The summed E-state index contributed by atoms with van der Waals surface area (Å²) in [5, 5.41) is 2.96. The molecule has 0 aromatic heterocycles. The van der Waals surface area contributed by atoms with Gasteiger partial charge in [-0.15, -0.1) is 12.4 Å². The molecule has 4 heteroatoms. The number of carbonyl (C=O) groups is 1. The normalized spacial score (nSPS) is 20.4. The molecule has 0 saturated heterocycles. The van der Waals surface area contributed by atoms with Crippen LogP contribution in [-0.2, 0) is 4.79 Å². The van der Waals surface area contributed by atoms with Crippen LogP contribution in [0.4, 0.5) is 0 Å². The van der Waals surface area contributed by atoms with Crippen LogP contribution in [0.25, 0.3) is 0 Å². The average molecular weight is 297 g/mol. The Morgan fingerprint density at radius 1 is 1.35 bits per heavy atom. The van der Waals surface area contributed by atoms with Crippen molar-refractivity contribution in [2.75, 3.05) is 13.1 Å². The molecule has 2 rings (SSSR count). The Kier molecular flexibility index (Phi) is 6.50. The number of carbonyl (C=O) groups excluding carboxylic acids is 1. The first-order valence-corrected chi connectivity index (χ1v) is 7.21. The molecule has 1 aliphatic carbocycles. The molecule has 1 amide bonds. The average Bonchev–Trinajstić information content (AvgIpc) is 3.19. The van der Waals surface area contributed by atoms with Gasteiger partial charge in [-0.2, -0.15) is 0 Å². The van der Waals surface area contributed by atoms with Crippen molar-refractivity contribution in [3.05, 3.63) is 35.4 Å². The summed E-state index contributed by atoms with van der Waals surface area (Å²) in [5.74, 6) is 1.33. The van der Waals surface area contributed by atoms with Gasteiger partial charge in [0.25, 0.3) is 0 Å². The largest absolute Gasteiger partial charge is 0.356 e. The van der Waals surface area contributed by atoms with E-state index in [1.807, 2.05) is 0 Å². The molecule has 0 spiro atoms. The van der Waals surface area contributed by atoms with E-state index in [4.69, 9.17) is 5.73 Å². The molecule has 0 bridgehead atoms. The third-order valence-electron chi connectivity index (χ3n) is 3.84. The van der Waals surface area contributed by atoms with E-state index in [9.17, 15) is 4.79 Å². The molecular weight excluding hydrogens is 272 g/mol. The second-order valence-corrected chi connectivity index (χ2v) is 5.70. The molecule has 3 N–H and O–H groups in total. The third kappa shape index (κ3) is 4.22. The van der Waals surface area contributed by atoms with E-state index in [0.717, 1.165) is 12.8 Å². The van der Waals surface area contributed by atoms with Gasteiger partial charge < -0.3 is 11.1 Å². The van der Waals surface area contributed by atoms with Crippen molar-refractivity contribution < 1.29 is 4.79 Å². The van der Waals surface area contributed by atoms with Gasteiger partial charge in [0.1, 0.15) is 0 Å². The van der Waals surface area contributed by atoms with Crippen LogP contribution in [0.5, 0.6) is 0 Å². The van der Waals surface area contributed by atoms with Crippen LogP contribution >= 0.6 is 12.4 Å². The maximum absolute atomic E-state index is 11.9. The molecule has 1 aromatic rings. The Morgan fingerprint density at radius 3 is 2.55 bits per heavy atom. The van der Waals surface area contributed by atoms with E-state index in [2.05, 4.69) is 43.4 Å². The molecule has 3 nitrogen and oxygen atoms in total. The fourth-order valence-electron chi connectivity index (χ4n) is 2.43. The van der Waals surface area contributed by atoms with Gasteiger partial charge in [0, 0.05) is 12.5 Å². The van der Waals surface area contributed by atoms with Crippen LogP contribution < -0.4 is 11.1 Å². The maximum Gasteiger partial charge on any atom is 0.223 e. The van der Waals surface area contributed by atoms with Gasteiger partial charge in [-0.05, 0) is 42.3 Å². The number of benzene rings is 1. The van der Waals surface area contributed by atoms with Gasteiger partial charge in [-0.3, -0.25) is 4.79 Å². The highest BCUT2D eigenvalue weighted by Gasteiger charge is 2.43. The van der Waals surface area contributed by atoms with Crippen molar-refractivity contribution in [1.82, 2.24) is 5.32 Å². The number of nitrogens with one attached hydrogen (secondary N) is 1. The second-order valence-electron chi connectivity index (χ2n) is 5.70. The minimum atomic E-state index is 0. The van der Waals surface area contributed by atoms with Crippen molar-refractivity contribution in [3.63, 3.8) is 0 Å². The van der Waals surface area contributed by atoms with E-state index >= 15 is 0 Å². The van der Waals surface area contributed by atoms with Gasteiger partial charge in [0.15, 0.2) is 0 Å². The highest BCUT2D eigenvalue weighted by atomic mass is 35.5. The van der Waals surface area contributed by atoms with E-state index < -0.39 is 0 Å². The zero-order valence-corrected chi connectivity index (χ0v) is 13.1. The summed E-state index contributed by atoms with van der Waals surface area (Å²) < 4.78 is 0. The molecule has 1 aliphatic rings. The number of amides is 1. The number of hydrogen-bond donors (Lipinski definition) is 2. The van der Waals surface area contributed by atoms with Crippen molar-refractivity contribution in [2.24, 2.45) is 11.7 Å². The van der Waals surface area contributed by atoms with Crippen molar-refractivity contribution in [3.8, 4) is 0 Å².